The fourth-order valence-electron chi connectivity index (χ4n) is 4.05. The molecule has 0 aliphatic carbocycles. The molecule has 1 aliphatic heterocycles. The van der Waals surface area contributed by atoms with Gasteiger partial charge in [0.1, 0.15) is 5.82 Å². The summed E-state index contributed by atoms with van der Waals surface area (Å²) in [4.78, 5) is 21.7. The van der Waals surface area contributed by atoms with E-state index in [1.165, 1.54) is 22.2 Å². The van der Waals surface area contributed by atoms with Gasteiger partial charge in [0.15, 0.2) is 0 Å². The molecule has 1 fully saturated rings. The number of carbonyl (C=O) groups is 1. The Labute approximate surface area is 160 Å². The molecule has 1 aromatic carbocycles. The van der Waals surface area contributed by atoms with Crippen LogP contribution in [0.2, 0.25) is 0 Å². The zero-order chi connectivity index (χ0) is 19.0. The van der Waals surface area contributed by atoms with E-state index < -0.39 is 0 Å². The molecule has 0 N–H and O–H groups in total. The summed E-state index contributed by atoms with van der Waals surface area (Å²) in [6.07, 6.45) is 1.81. The Bertz CT molecular complexity index is 969. The summed E-state index contributed by atoms with van der Waals surface area (Å²) in [5, 5.41) is 1.19. The lowest BCUT2D eigenvalue weighted by Crippen LogP contribution is -2.49. The molecule has 1 amide bonds. The molecular formula is C22H26N4O. The quantitative estimate of drug-likeness (QED) is 0.714. The third-order valence-electron chi connectivity index (χ3n) is 5.74. The monoisotopic (exact) mass is 362 g/mol. The fourth-order valence-corrected chi connectivity index (χ4v) is 4.05. The molecule has 0 spiro atoms. The molecule has 1 saturated heterocycles. The number of aromatic nitrogens is 2. The van der Waals surface area contributed by atoms with Gasteiger partial charge in [0.25, 0.3) is 5.91 Å². The number of pyridine rings is 1. The first kappa shape index (κ1) is 17.6. The summed E-state index contributed by atoms with van der Waals surface area (Å²) < 4.78 is 2.31. The van der Waals surface area contributed by atoms with Crippen molar-refractivity contribution < 1.29 is 4.79 Å². The number of anilines is 1. The minimum absolute atomic E-state index is 0.124. The lowest BCUT2D eigenvalue weighted by atomic mass is 10.1. The maximum absolute atomic E-state index is 13.0. The second-order valence-electron chi connectivity index (χ2n) is 7.15. The van der Waals surface area contributed by atoms with E-state index in [1.807, 2.05) is 35.4 Å². The molecule has 0 bridgehead atoms. The van der Waals surface area contributed by atoms with Gasteiger partial charge in [-0.2, -0.15) is 0 Å². The molecule has 1 aliphatic rings. The number of fused-ring (bicyclic) bond motifs is 1. The van der Waals surface area contributed by atoms with Gasteiger partial charge in [-0.25, -0.2) is 4.98 Å². The Morgan fingerprint density at radius 3 is 2.52 bits per heavy atom. The molecule has 5 nitrogen and oxygen atoms in total. The fraction of sp³-hybridized carbons (Fsp3) is 0.364. The van der Waals surface area contributed by atoms with Crippen LogP contribution in [0.25, 0.3) is 10.9 Å². The standard InChI is InChI=1S/C22H26N4O/c1-4-26-17(3)16(2)19-15-18(8-9-20(19)26)22(27)25-13-11-24(12-14-25)21-7-5-6-10-23-21/h5-10,15H,4,11-14H2,1-3H3. The van der Waals surface area contributed by atoms with Gasteiger partial charge in [0.2, 0.25) is 0 Å². The maximum atomic E-state index is 13.0. The smallest absolute Gasteiger partial charge is 0.253 e. The van der Waals surface area contributed by atoms with Gasteiger partial charge in [-0.1, -0.05) is 6.07 Å². The van der Waals surface area contributed by atoms with Gasteiger partial charge in [0, 0.05) is 61.1 Å². The Hall–Kier alpha value is -2.82. The molecule has 2 aromatic heterocycles. The van der Waals surface area contributed by atoms with Crippen LogP contribution in [-0.4, -0.2) is 46.5 Å². The molecule has 5 heteroatoms. The highest BCUT2D eigenvalue weighted by atomic mass is 16.2. The van der Waals surface area contributed by atoms with E-state index in [2.05, 4.69) is 47.4 Å². The van der Waals surface area contributed by atoms with E-state index >= 15 is 0 Å². The number of hydrogen-bond acceptors (Lipinski definition) is 3. The molecule has 0 unspecified atom stereocenters. The first-order chi connectivity index (χ1) is 13.1. The van der Waals surface area contributed by atoms with Gasteiger partial charge in [-0.3, -0.25) is 4.79 Å². The Morgan fingerprint density at radius 2 is 1.85 bits per heavy atom. The van der Waals surface area contributed by atoms with Crippen molar-refractivity contribution in [1.29, 1.82) is 0 Å². The first-order valence-electron chi connectivity index (χ1n) is 9.65. The summed E-state index contributed by atoms with van der Waals surface area (Å²) in [6, 6.07) is 12.1. The summed E-state index contributed by atoms with van der Waals surface area (Å²) >= 11 is 0. The number of hydrogen-bond donors (Lipinski definition) is 0. The number of benzene rings is 1. The molecule has 27 heavy (non-hydrogen) atoms. The van der Waals surface area contributed by atoms with Crippen molar-refractivity contribution in [3.8, 4) is 0 Å². The Kier molecular flexibility index (Phi) is 4.60. The highest BCUT2D eigenvalue weighted by Gasteiger charge is 2.23. The second-order valence-corrected chi connectivity index (χ2v) is 7.15. The number of carbonyl (C=O) groups excluding carboxylic acids is 1. The molecule has 0 saturated carbocycles. The van der Waals surface area contributed by atoms with Crippen molar-refractivity contribution in [2.45, 2.75) is 27.3 Å². The Balaban J connectivity index is 1.53. The van der Waals surface area contributed by atoms with Crippen molar-refractivity contribution in [2.24, 2.45) is 0 Å². The molecule has 4 rings (SSSR count). The molecule has 0 atom stereocenters. The highest BCUT2D eigenvalue weighted by molar-refractivity contribution is 5.99. The molecule has 3 heterocycles. The summed E-state index contributed by atoms with van der Waals surface area (Å²) in [7, 11) is 0. The maximum Gasteiger partial charge on any atom is 0.253 e. The number of rotatable bonds is 3. The van der Waals surface area contributed by atoms with Gasteiger partial charge in [0.05, 0.1) is 0 Å². The SMILES string of the molecule is CCn1c(C)c(C)c2cc(C(=O)N3CCN(c4ccccn4)CC3)ccc21. The van der Waals surface area contributed by atoms with E-state index in [9.17, 15) is 4.79 Å². The third kappa shape index (κ3) is 3.07. The van der Waals surface area contributed by atoms with E-state index in [0.29, 0.717) is 0 Å². The highest BCUT2D eigenvalue weighted by Crippen LogP contribution is 2.27. The third-order valence-corrected chi connectivity index (χ3v) is 5.74. The van der Waals surface area contributed by atoms with Crippen LogP contribution in [0.3, 0.4) is 0 Å². The van der Waals surface area contributed by atoms with Crippen LogP contribution in [-0.2, 0) is 6.54 Å². The van der Waals surface area contributed by atoms with Gasteiger partial charge in [-0.05, 0) is 56.7 Å². The van der Waals surface area contributed by atoms with E-state index in [0.717, 1.165) is 44.1 Å². The van der Waals surface area contributed by atoms with Crippen molar-refractivity contribution in [3.63, 3.8) is 0 Å². The van der Waals surface area contributed by atoms with Gasteiger partial charge < -0.3 is 14.4 Å². The average molecular weight is 362 g/mol. The zero-order valence-corrected chi connectivity index (χ0v) is 16.3. The van der Waals surface area contributed by atoms with Gasteiger partial charge in [-0.15, -0.1) is 0 Å². The predicted octanol–water partition coefficient (Wildman–Crippen LogP) is 3.64. The first-order valence-corrected chi connectivity index (χ1v) is 9.65. The van der Waals surface area contributed by atoms with Crippen LogP contribution in [0.15, 0.2) is 42.6 Å². The van der Waals surface area contributed by atoms with E-state index in [1.54, 1.807) is 0 Å². The molecule has 3 aromatic rings. The van der Waals surface area contributed by atoms with Crippen molar-refractivity contribution in [1.82, 2.24) is 14.5 Å². The summed E-state index contributed by atoms with van der Waals surface area (Å²) in [6.45, 7) is 10.5. The molecule has 140 valence electrons. The minimum Gasteiger partial charge on any atom is -0.353 e. The predicted molar refractivity (Wildman–Crippen MR) is 109 cm³/mol. The normalized spacial score (nSPS) is 14.8. The second kappa shape index (κ2) is 7.06. The van der Waals surface area contributed by atoms with Gasteiger partial charge >= 0.3 is 0 Å². The van der Waals surface area contributed by atoms with E-state index in [4.69, 9.17) is 0 Å². The topological polar surface area (TPSA) is 41.4 Å². The number of aryl methyl sites for hydroxylation is 2. The summed E-state index contributed by atoms with van der Waals surface area (Å²) in [5.74, 6) is 1.11. The van der Waals surface area contributed by atoms with Crippen molar-refractivity contribution >= 4 is 22.6 Å². The van der Waals surface area contributed by atoms with Crippen LogP contribution in [0, 0.1) is 13.8 Å². The average Bonchev–Trinajstić information content (AvgIpc) is 2.97. The molecular weight excluding hydrogens is 336 g/mol. The minimum atomic E-state index is 0.124. The van der Waals surface area contributed by atoms with Crippen LogP contribution >= 0.6 is 0 Å². The number of nitrogens with zero attached hydrogens (tertiary/aromatic N) is 4. The lowest BCUT2D eigenvalue weighted by molar-refractivity contribution is 0.0746. The summed E-state index contributed by atoms with van der Waals surface area (Å²) in [5.41, 5.74) is 4.54. The zero-order valence-electron chi connectivity index (χ0n) is 16.3. The van der Waals surface area contributed by atoms with Crippen LogP contribution in [0.5, 0.6) is 0 Å². The largest absolute Gasteiger partial charge is 0.353 e. The molecule has 0 radical (unpaired) electrons. The lowest BCUT2D eigenvalue weighted by Gasteiger charge is -2.35. The van der Waals surface area contributed by atoms with Crippen LogP contribution in [0.4, 0.5) is 5.82 Å². The number of amides is 1. The number of piperazine rings is 1. The van der Waals surface area contributed by atoms with Crippen molar-refractivity contribution in [2.75, 3.05) is 31.1 Å². The van der Waals surface area contributed by atoms with Crippen LogP contribution in [0.1, 0.15) is 28.5 Å². The Morgan fingerprint density at radius 1 is 1.07 bits per heavy atom. The van der Waals surface area contributed by atoms with Crippen LogP contribution < -0.4 is 4.90 Å². The van der Waals surface area contributed by atoms with E-state index in [-0.39, 0.29) is 5.91 Å². The van der Waals surface area contributed by atoms with Crippen molar-refractivity contribution in [3.05, 3.63) is 59.4 Å².